The number of aryl methyl sites for hydroxylation is 2. The Kier molecular flexibility index (Phi) is 3.51. The molecule has 1 aliphatic heterocycles. The molecule has 1 aromatic carbocycles. The molecule has 1 atom stereocenters. The van der Waals surface area contributed by atoms with Crippen molar-refractivity contribution >= 4 is 16.9 Å². The monoisotopic (exact) mass is 325 g/mol. The Hall–Kier alpha value is -2.77. The molecule has 0 radical (unpaired) electrons. The first-order valence-corrected chi connectivity index (χ1v) is 8.13. The van der Waals surface area contributed by atoms with Crippen LogP contribution in [-0.2, 0) is 7.05 Å². The molecule has 1 N–H and O–H groups in total. The Balaban J connectivity index is 1.67. The first-order valence-electron chi connectivity index (χ1n) is 8.13. The summed E-state index contributed by atoms with van der Waals surface area (Å²) in [5.41, 5.74) is 2.26. The van der Waals surface area contributed by atoms with Gasteiger partial charge >= 0.3 is 0 Å². The summed E-state index contributed by atoms with van der Waals surface area (Å²) in [6.07, 6.45) is 2.96. The number of nitrogens with zero attached hydrogens (tertiary/aromatic N) is 6. The molecule has 0 saturated carbocycles. The number of rotatable bonds is 2. The van der Waals surface area contributed by atoms with Crippen LogP contribution in [0.3, 0.4) is 0 Å². The minimum atomic E-state index is -0.0752. The van der Waals surface area contributed by atoms with Crippen LogP contribution in [0.25, 0.3) is 11.0 Å². The van der Waals surface area contributed by atoms with E-state index in [0.717, 1.165) is 42.7 Å². The van der Waals surface area contributed by atoms with Gasteiger partial charge in [-0.3, -0.25) is 9.89 Å². The zero-order valence-electron chi connectivity index (χ0n) is 13.7. The van der Waals surface area contributed by atoms with E-state index in [-0.39, 0.29) is 11.9 Å². The number of carbonyl (C=O) groups is 1. The molecule has 8 nitrogen and oxygen atoms in total. The largest absolute Gasteiger partial charge is 0.328 e. The molecule has 2 aromatic heterocycles. The molecule has 124 valence electrons. The van der Waals surface area contributed by atoms with Crippen molar-refractivity contribution in [1.29, 1.82) is 0 Å². The summed E-state index contributed by atoms with van der Waals surface area (Å²) in [4.78, 5) is 19.4. The van der Waals surface area contributed by atoms with E-state index in [2.05, 4.69) is 25.5 Å². The van der Waals surface area contributed by atoms with Crippen LogP contribution in [0.2, 0.25) is 0 Å². The molecule has 8 heteroatoms. The molecule has 0 aliphatic carbocycles. The number of amides is 1. The highest BCUT2D eigenvalue weighted by Gasteiger charge is 2.31. The Morgan fingerprint density at radius 3 is 3.00 bits per heavy atom. The van der Waals surface area contributed by atoms with Crippen molar-refractivity contribution in [3.8, 4) is 0 Å². The number of hydrogen-bond acceptors (Lipinski definition) is 5. The molecular weight excluding hydrogens is 306 g/mol. The number of aromatic amines is 1. The summed E-state index contributed by atoms with van der Waals surface area (Å²) in [7, 11) is 1.84. The lowest BCUT2D eigenvalue weighted by Gasteiger charge is -2.34. The highest BCUT2D eigenvalue weighted by Crippen LogP contribution is 2.30. The molecule has 3 heterocycles. The van der Waals surface area contributed by atoms with Crippen molar-refractivity contribution in [2.45, 2.75) is 32.2 Å². The molecule has 24 heavy (non-hydrogen) atoms. The third-order valence-corrected chi connectivity index (χ3v) is 4.53. The van der Waals surface area contributed by atoms with E-state index >= 15 is 0 Å². The van der Waals surface area contributed by atoms with Gasteiger partial charge in [0.05, 0.1) is 11.6 Å². The van der Waals surface area contributed by atoms with E-state index in [9.17, 15) is 4.79 Å². The van der Waals surface area contributed by atoms with Gasteiger partial charge in [0.1, 0.15) is 11.3 Å². The molecular formula is C16H19N7O. The first-order chi connectivity index (χ1) is 11.6. The zero-order chi connectivity index (χ0) is 16.7. The molecule has 1 fully saturated rings. The second kappa shape index (κ2) is 5.70. The first kappa shape index (κ1) is 14.8. The summed E-state index contributed by atoms with van der Waals surface area (Å²) in [6, 6.07) is 5.45. The van der Waals surface area contributed by atoms with Crippen molar-refractivity contribution in [3.63, 3.8) is 0 Å². The van der Waals surface area contributed by atoms with Crippen LogP contribution < -0.4 is 0 Å². The fourth-order valence-corrected chi connectivity index (χ4v) is 3.29. The zero-order valence-corrected chi connectivity index (χ0v) is 13.7. The van der Waals surface area contributed by atoms with E-state index < -0.39 is 0 Å². The van der Waals surface area contributed by atoms with Crippen LogP contribution >= 0.6 is 0 Å². The van der Waals surface area contributed by atoms with Gasteiger partial charge in [0.15, 0.2) is 5.82 Å². The smallest absolute Gasteiger partial charge is 0.254 e. The van der Waals surface area contributed by atoms with Crippen molar-refractivity contribution in [2.24, 2.45) is 7.05 Å². The maximum absolute atomic E-state index is 13.0. The molecule has 3 aromatic rings. The van der Waals surface area contributed by atoms with Gasteiger partial charge in [0.25, 0.3) is 5.91 Å². The van der Waals surface area contributed by atoms with Gasteiger partial charge in [-0.15, -0.1) is 5.10 Å². The molecule has 0 bridgehead atoms. The number of likely N-dealkylation sites (tertiary alicyclic amines) is 1. The van der Waals surface area contributed by atoms with E-state index in [0.29, 0.717) is 11.4 Å². The van der Waals surface area contributed by atoms with Gasteiger partial charge in [-0.05, 0) is 44.4 Å². The average Bonchev–Trinajstić information content (AvgIpc) is 3.20. The topological polar surface area (TPSA) is 92.6 Å². The van der Waals surface area contributed by atoms with Crippen LogP contribution in [0.5, 0.6) is 0 Å². The van der Waals surface area contributed by atoms with Crippen LogP contribution in [-0.4, -0.2) is 47.5 Å². The van der Waals surface area contributed by atoms with Gasteiger partial charge in [-0.2, -0.15) is 5.10 Å². The maximum Gasteiger partial charge on any atom is 0.254 e. The van der Waals surface area contributed by atoms with Crippen molar-refractivity contribution < 1.29 is 4.79 Å². The second-order valence-electron chi connectivity index (χ2n) is 6.21. The summed E-state index contributed by atoms with van der Waals surface area (Å²) < 4.78 is 1.70. The lowest BCUT2D eigenvalue weighted by atomic mass is 10.00. The Morgan fingerprint density at radius 2 is 2.21 bits per heavy atom. The molecule has 4 rings (SSSR count). The third-order valence-electron chi connectivity index (χ3n) is 4.53. The van der Waals surface area contributed by atoms with Crippen molar-refractivity contribution in [1.82, 2.24) is 35.1 Å². The van der Waals surface area contributed by atoms with Gasteiger partial charge in [0, 0.05) is 19.2 Å². The summed E-state index contributed by atoms with van der Waals surface area (Å²) in [5, 5.41) is 15.2. The highest BCUT2D eigenvalue weighted by atomic mass is 16.2. The summed E-state index contributed by atoms with van der Waals surface area (Å²) >= 11 is 0. The van der Waals surface area contributed by atoms with Crippen LogP contribution in [0, 0.1) is 6.92 Å². The van der Waals surface area contributed by atoms with Gasteiger partial charge in [-0.25, -0.2) is 9.67 Å². The lowest BCUT2D eigenvalue weighted by molar-refractivity contribution is 0.0600. The van der Waals surface area contributed by atoms with Gasteiger partial charge in [-0.1, -0.05) is 5.21 Å². The number of carbonyl (C=O) groups excluding carboxylic acids is 1. The fraction of sp³-hybridized carbons (Fsp3) is 0.438. The Labute approximate surface area is 138 Å². The quantitative estimate of drug-likeness (QED) is 0.775. The van der Waals surface area contributed by atoms with Crippen LogP contribution in [0.4, 0.5) is 0 Å². The predicted octanol–water partition coefficient (Wildman–Crippen LogP) is 1.76. The summed E-state index contributed by atoms with van der Waals surface area (Å²) in [5.74, 6) is 1.46. The van der Waals surface area contributed by atoms with Crippen LogP contribution in [0.1, 0.15) is 47.3 Å². The number of H-pyrrole nitrogens is 1. The fourth-order valence-electron chi connectivity index (χ4n) is 3.29. The van der Waals surface area contributed by atoms with Crippen molar-refractivity contribution in [2.75, 3.05) is 6.54 Å². The van der Waals surface area contributed by atoms with E-state index in [4.69, 9.17) is 0 Å². The maximum atomic E-state index is 13.0. The molecule has 1 aliphatic rings. The average molecular weight is 325 g/mol. The SMILES string of the molecule is Cc1nc([C@H]2CCCCN2C(=O)c2ccc3c(c2)nnn3C)n[nH]1. The number of hydrogen-bond donors (Lipinski definition) is 1. The summed E-state index contributed by atoms with van der Waals surface area (Å²) in [6.45, 7) is 2.59. The van der Waals surface area contributed by atoms with E-state index in [1.54, 1.807) is 10.7 Å². The normalized spacial score (nSPS) is 18.2. The minimum absolute atomic E-state index is 0.00490. The third kappa shape index (κ3) is 2.44. The Bertz CT molecular complexity index is 897. The van der Waals surface area contributed by atoms with Gasteiger partial charge < -0.3 is 4.90 Å². The predicted molar refractivity (Wildman–Crippen MR) is 87.3 cm³/mol. The number of piperidine rings is 1. The standard InChI is InChI=1S/C16H19N7O/c1-10-17-15(20-18-10)14-5-3-4-8-23(14)16(24)11-6-7-13-12(9-11)19-21-22(13)2/h6-7,9,14H,3-5,8H2,1-2H3,(H,17,18,20)/t14-/m1/s1. The minimum Gasteiger partial charge on any atom is -0.328 e. The number of nitrogens with one attached hydrogen (secondary N) is 1. The number of benzene rings is 1. The lowest BCUT2D eigenvalue weighted by Crippen LogP contribution is -2.39. The number of aromatic nitrogens is 6. The molecule has 0 spiro atoms. The second-order valence-corrected chi connectivity index (χ2v) is 6.21. The molecule has 0 unspecified atom stereocenters. The molecule has 1 saturated heterocycles. The highest BCUT2D eigenvalue weighted by molar-refractivity contribution is 5.97. The molecule has 1 amide bonds. The van der Waals surface area contributed by atoms with Crippen LogP contribution in [0.15, 0.2) is 18.2 Å². The Morgan fingerprint density at radius 1 is 1.33 bits per heavy atom. The van der Waals surface area contributed by atoms with E-state index in [1.807, 2.05) is 31.0 Å². The number of fused-ring (bicyclic) bond motifs is 1. The van der Waals surface area contributed by atoms with E-state index in [1.165, 1.54) is 0 Å². The van der Waals surface area contributed by atoms with Gasteiger partial charge in [0.2, 0.25) is 0 Å². The van der Waals surface area contributed by atoms with Crippen molar-refractivity contribution in [3.05, 3.63) is 35.4 Å².